The highest BCUT2D eigenvalue weighted by Crippen LogP contribution is 2.39. The van der Waals surface area contributed by atoms with Gasteiger partial charge in [0.05, 0.1) is 0 Å². The van der Waals surface area contributed by atoms with Gasteiger partial charge in [-0.25, -0.2) is 0 Å². The Kier molecular flexibility index (Phi) is 3.09. The van der Waals surface area contributed by atoms with E-state index in [9.17, 15) is 0 Å². The van der Waals surface area contributed by atoms with E-state index in [0.29, 0.717) is 0 Å². The van der Waals surface area contributed by atoms with E-state index in [1.807, 2.05) is 0 Å². The fourth-order valence-electron chi connectivity index (χ4n) is 4.46. The summed E-state index contributed by atoms with van der Waals surface area (Å²) in [5.74, 6) is 1.97. The van der Waals surface area contributed by atoms with Gasteiger partial charge in [0.15, 0.2) is 0 Å². The Bertz CT molecular complexity index is 1030. The predicted molar refractivity (Wildman–Crippen MR) is 111 cm³/mol. The summed E-state index contributed by atoms with van der Waals surface area (Å²) >= 11 is 0. The molecule has 2 aliphatic rings. The van der Waals surface area contributed by atoms with Crippen LogP contribution >= 0.6 is 0 Å². The SMILES string of the molecule is Cc1ccc2c(c1)Oc1cccc3c1B2c1ccccc1N3C(C)(C)C. The number of fused-ring (bicyclic) bond motifs is 4. The summed E-state index contributed by atoms with van der Waals surface area (Å²) in [5, 5.41) is 0. The molecule has 2 heterocycles. The summed E-state index contributed by atoms with van der Waals surface area (Å²) in [4.78, 5) is 2.46. The van der Waals surface area contributed by atoms with Crippen LogP contribution in [0.25, 0.3) is 0 Å². The topological polar surface area (TPSA) is 12.5 Å². The van der Waals surface area contributed by atoms with E-state index in [0.717, 1.165) is 11.5 Å². The monoisotopic (exact) mass is 339 g/mol. The van der Waals surface area contributed by atoms with E-state index >= 15 is 0 Å². The fourth-order valence-corrected chi connectivity index (χ4v) is 4.46. The van der Waals surface area contributed by atoms with Crippen LogP contribution in [0.3, 0.4) is 0 Å². The van der Waals surface area contributed by atoms with Crippen LogP contribution in [-0.4, -0.2) is 12.3 Å². The summed E-state index contributed by atoms with van der Waals surface area (Å²) in [6.45, 7) is 9.14. The van der Waals surface area contributed by atoms with E-state index in [2.05, 4.69) is 93.3 Å². The Morgan fingerprint density at radius 2 is 1.58 bits per heavy atom. The number of aryl methyl sites for hydroxylation is 1. The molecule has 128 valence electrons. The summed E-state index contributed by atoms with van der Waals surface area (Å²) in [7, 11) is 0. The van der Waals surface area contributed by atoms with Crippen molar-refractivity contribution in [3.63, 3.8) is 0 Å². The molecule has 0 saturated heterocycles. The first-order valence-corrected chi connectivity index (χ1v) is 9.25. The van der Waals surface area contributed by atoms with Crippen molar-refractivity contribution in [2.24, 2.45) is 0 Å². The van der Waals surface area contributed by atoms with Crippen LogP contribution in [0, 0.1) is 6.92 Å². The molecule has 0 amide bonds. The molecule has 0 spiro atoms. The third kappa shape index (κ3) is 2.06. The molecule has 0 aromatic heterocycles. The van der Waals surface area contributed by atoms with Crippen LogP contribution in [0.2, 0.25) is 0 Å². The molecule has 0 atom stereocenters. The van der Waals surface area contributed by atoms with Gasteiger partial charge >= 0.3 is 0 Å². The molecule has 2 aliphatic heterocycles. The summed E-state index contributed by atoms with van der Waals surface area (Å²) < 4.78 is 6.35. The Balaban J connectivity index is 1.87. The lowest BCUT2D eigenvalue weighted by Gasteiger charge is -2.46. The first-order chi connectivity index (χ1) is 12.4. The smallest absolute Gasteiger partial charge is 0.256 e. The number of benzene rings is 3. The molecule has 0 fully saturated rings. The van der Waals surface area contributed by atoms with Gasteiger partial charge < -0.3 is 9.64 Å². The zero-order valence-electron chi connectivity index (χ0n) is 15.7. The molecule has 3 heteroatoms. The van der Waals surface area contributed by atoms with Gasteiger partial charge in [0, 0.05) is 16.9 Å². The number of rotatable bonds is 0. The largest absolute Gasteiger partial charge is 0.458 e. The lowest BCUT2D eigenvalue weighted by atomic mass is 9.34. The Morgan fingerprint density at radius 3 is 2.38 bits per heavy atom. The molecule has 3 aromatic rings. The van der Waals surface area contributed by atoms with Gasteiger partial charge in [0.2, 0.25) is 0 Å². The second-order valence-corrected chi connectivity index (χ2v) is 8.33. The third-order valence-electron chi connectivity index (χ3n) is 5.43. The number of nitrogens with zero attached hydrogens (tertiary/aromatic N) is 1. The summed E-state index contributed by atoms with van der Waals surface area (Å²) in [6, 6.07) is 21.8. The van der Waals surface area contributed by atoms with Crippen LogP contribution < -0.4 is 26.0 Å². The number of para-hydroxylation sites is 1. The van der Waals surface area contributed by atoms with Crippen molar-refractivity contribution in [3.05, 3.63) is 66.2 Å². The molecule has 5 rings (SSSR count). The molecule has 0 radical (unpaired) electrons. The van der Waals surface area contributed by atoms with Crippen molar-refractivity contribution in [1.29, 1.82) is 0 Å². The van der Waals surface area contributed by atoms with Crippen LogP contribution in [0.5, 0.6) is 11.5 Å². The first-order valence-electron chi connectivity index (χ1n) is 9.25. The van der Waals surface area contributed by atoms with Gasteiger partial charge in [0.1, 0.15) is 11.5 Å². The van der Waals surface area contributed by atoms with E-state index in [-0.39, 0.29) is 12.3 Å². The van der Waals surface area contributed by atoms with E-state index in [4.69, 9.17) is 4.74 Å². The maximum absolute atomic E-state index is 6.35. The first kappa shape index (κ1) is 15.6. The molecule has 0 unspecified atom stereocenters. The minimum absolute atomic E-state index is 0.0241. The van der Waals surface area contributed by atoms with Crippen molar-refractivity contribution in [2.45, 2.75) is 33.2 Å². The second-order valence-electron chi connectivity index (χ2n) is 8.33. The summed E-state index contributed by atoms with van der Waals surface area (Å²) in [6.07, 6.45) is 0. The average Bonchev–Trinajstić information content (AvgIpc) is 2.60. The van der Waals surface area contributed by atoms with Crippen molar-refractivity contribution < 1.29 is 4.74 Å². The standard InChI is InChI=1S/C23H22BNO/c1-15-12-13-17-21(14-15)26-20-11-7-10-19-22(20)24(17)16-8-5-6-9-18(16)25(19)23(2,3)4/h5-14H,1-4H3. The van der Waals surface area contributed by atoms with Gasteiger partial charge in [-0.2, -0.15) is 0 Å². The lowest BCUT2D eigenvalue weighted by Crippen LogP contribution is -2.62. The minimum atomic E-state index is -0.0241. The molecule has 0 saturated carbocycles. The van der Waals surface area contributed by atoms with Crippen molar-refractivity contribution in [1.82, 2.24) is 0 Å². The quantitative estimate of drug-likeness (QED) is 0.451. The van der Waals surface area contributed by atoms with Gasteiger partial charge in [0.25, 0.3) is 6.71 Å². The minimum Gasteiger partial charge on any atom is -0.458 e. The van der Waals surface area contributed by atoms with Gasteiger partial charge in [-0.05, 0) is 73.9 Å². The molecule has 26 heavy (non-hydrogen) atoms. The Hall–Kier alpha value is -2.68. The van der Waals surface area contributed by atoms with Crippen molar-refractivity contribution in [3.8, 4) is 11.5 Å². The highest BCUT2D eigenvalue weighted by molar-refractivity contribution is 6.99. The van der Waals surface area contributed by atoms with Gasteiger partial charge in [-0.1, -0.05) is 36.4 Å². The average molecular weight is 339 g/mol. The number of anilines is 2. The second kappa shape index (κ2) is 5.17. The van der Waals surface area contributed by atoms with Crippen LogP contribution in [0.1, 0.15) is 26.3 Å². The third-order valence-corrected chi connectivity index (χ3v) is 5.43. The number of hydrogen-bond acceptors (Lipinski definition) is 2. The molecule has 0 aliphatic carbocycles. The van der Waals surface area contributed by atoms with Crippen molar-refractivity contribution >= 4 is 34.5 Å². The zero-order chi connectivity index (χ0) is 18.1. The maximum Gasteiger partial charge on any atom is 0.256 e. The normalized spacial score (nSPS) is 14.3. The van der Waals surface area contributed by atoms with Gasteiger partial charge in [-0.3, -0.25) is 0 Å². The highest BCUT2D eigenvalue weighted by atomic mass is 16.5. The lowest BCUT2D eigenvalue weighted by molar-refractivity contribution is 0.486. The van der Waals surface area contributed by atoms with Gasteiger partial charge in [-0.15, -0.1) is 0 Å². The number of hydrogen-bond donors (Lipinski definition) is 0. The predicted octanol–water partition coefficient (Wildman–Crippen LogP) is 3.87. The molecule has 0 bridgehead atoms. The van der Waals surface area contributed by atoms with Crippen LogP contribution in [0.4, 0.5) is 11.4 Å². The molecule has 0 N–H and O–H groups in total. The Labute approximate surface area is 155 Å². The summed E-state index contributed by atoms with van der Waals surface area (Å²) in [5.41, 5.74) is 7.66. The van der Waals surface area contributed by atoms with E-state index in [1.54, 1.807) is 0 Å². The molecule has 2 nitrogen and oxygen atoms in total. The Morgan fingerprint density at radius 1 is 0.808 bits per heavy atom. The molecule has 3 aromatic carbocycles. The maximum atomic E-state index is 6.35. The zero-order valence-corrected chi connectivity index (χ0v) is 15.7. The fraction of sp³-hybridized carbons (Fsp3) is 0.217. The van der Waals surface area contributed by atoms with Crippen LogP contribution in [-0.2, 0) is 0 Å². The van der Waals surface area contributed by atoms with E-state index in [1.165, 1.54) is 33.3 Å². The molecular formula is C23H22BNO. The van der Waals surface area contributed by atoms with Crippen LogP contribution in [0.15, 0.2) is 60.7 Å². The number of ether oxygens (including phenoxy) is 1. The van der Waals surface area contributed by atoms with E-state index < -0.39 is 0 Å². The molecular weight excluding hydrogens is 317 g/mol. The van der Waals surface area contributed by atoms with Crippen molar-refractivity contribution in [2.75, 3.05) is 4.90 Å². The highest BCUT2D eigenvalue weighted by Gasteiger charge is 2.43.